The topological polar surface area (TPSA) is 47.9 Å². The monoisotopic (exact) mass is 270 g/mol. The molecule has 106 valence electrons. The predicted molar refractivity (Wildman–Crippen MR) is 67.8 cm³/mol. The first-order valence-corrected chi connectivity index (χ1v) is 6.34. The van der Waals surface area contributed by atoms with Crippen molar-refractivity contribution in [3.05, 3.63) is 29.6 Å². The first-order chi connectivity index (χ1) is 9.13. The molecule has 0 saturated heterocycles. The second-order valence-electron chi connectivity index (χ2n) is 4.67. The highest BCUT2D eigenvalue weighted by Gasteiger charge is 2.43. The van der Waals surface area contributed by atoms with Crippen molar-refractivity contribution in [2.75, 3.05) is 20.3 Å². The third-order valence-electron chi connectivity index (χ3n) is 3.25. The van der Waals surface area contributed by atoms with Crippen LogP contribution in [-0.2, 0) is 9.47 Å². The summed E-state index contributed by atoms with van der Waals surface area (Å²) in [5.41, 5.74) is 0.536. The van der Waals surface area contributed by atoms with Gasteiger partial charge in [-0.15, -0.1) is 0 Å². The van der Waals surface area contributed by atoms with Gasteiger partial charge >= 0.3 is 0 Å². The molecule has 1 saturated carbocycles. The van der Waals surface area contributed by atoms with Gasteiger partial charge in [0.15, 0.2) is 11.6 Å². The molecular weight excluding hydrogens is 251 g/mol. The van der Waals surface area contributed by atoms with Crippen molar-refractivity contribution in [1.29, 1.82) is 0 Å². The predicted octanol–water partition coefficient (Wildman–Crippen LogP) is 1.68. The normalized spacial score (nSPS) is 26.0. The molecule has 1 aliphatic carbocycles. The van der Waals surface area contributed by atoms with Gasteiger partial charge in [0.25, 0.3) is 0 Å². The van der Waals surface area contributed by atoms with Gasteiger partial charge in [-0.25, -0.2) is 4.39 Å². The largest absolute Gasteiger partial charge is 0.484 e. The highest BCUT2D eigenvalue weighted by atomic mass is 19.1. The van der Waals surface area contributed by atoms with E-state index in [0.29, 0.717) is 25.2 Å². The Morgan fingerprint density at radius 1 is 1.37 bits per heavy atom. The fraction of sp³-hybridized carbons (Fsp3) is 0.571. The van der Waals surface area contributed by atoms with Crippen LogP contribution in [0.3, 0.4) is 0 Å². The average Bonchev–Trinajstić information content (AvgIpc) is 2.39. The minimum atomic E-state index is -0.560. The average molecular weight is 270 g/mol. The minimum absolute atomic E-state index is 0.206. The van der Waals surface area contributed by atoms with Gasteiger partial charge in [-0.05, 0) is 18.6 Å². The van der Waals surface area contributed by atoms with Gasteiger partial charge in [-0.1, -0.05) is 12.1 Å². The van der Waals surface area contributed by atoms with Crippen LogP contribution in [0.2, 0.25) is 0 Å². The van der Waals surface area contributed by atoms with Crippen LogP contribution >= 0.6 is 0 Å². The molecule has 0 spiro atoms. The molecule has 1 fully saturated rings. The van der Waals surface area contributed by atoms with Gasteiger partial charge in [0.2, 0.25) is 0 Å². The van der Waals surface area contributed by atoms with Crippen molar-refractivity contribution >= 4 is 0 Å². The number of aliphatic hydroxyl groups excluding tert-OH is 1. The van der Waals surface area contributed by atoms with E-state index >= 15 is 0 Å². The minimum Gasteiger partial charge on any atom is -0.484 e. The zero-order chi connectivity index (χ0) is 13.8. The van der Waals surface area contributed by atoms with Crippen molar-refractivity contribution in [3.8, 4) is 5.75 Å². The van der Waals surface area contributed by atoms with E-state index in [2.05, 4.69) is 0 Å². The fourth-order valence-electron chi connectivity index (χ4n) is 2.03. The molecule has 3 unspecified atom stereocenters. The molecule has 0 radical (unpaired) electrons. The van der Waals surface area contributed by atoms with Crippen LogP contribution in [0.25, 0.3) is 0 Å². The Morgan fingerprint density at radius 3 is 2.84 bits per heavy atom. The maximum Gasteiger partial charge on any atom is 0.167 e. The Hall–Kier alpha value is -1.17. The summed E-state index contributed by atoms with van der Waals surface area (Å²) in [4.78, 5) is 0. The van der Waals surface area contributed by atoms with Crippen molar-refractivity contribution in [2.24, 2.45) is 0 Å². The third-order valence-corrected chi connectivity index (χ3v) is 3.25. The number of aryl methyl sites for hydroxylation is 1. The van der Waals surface area contributed by atoms with Gasteiger partial charge in [0, 0.05) is 13.5 Å². The molecule has 2 rings (SSSR count). The first-order valence-electron chi connectivity index (χ1n) is 6.34. The number of benzene rings is 1. The Kier molecular flexibility index (Phi) is 4.74. The van der Waals surface area contributed by atoms with E-state index in [4.69, 9.17) is 14.2 Å². The number of halogens is 1. The highest BCUT2D eigenvalue weighted by molar-refractivity contribution is 5.30. The van der Waals surface area contributed by atoms with Gasteiger partial charge < -0.3 is 19.3 Å². The van der Waals surface area contributed by atoms with E-state index in [0.717, 1.165) is 0 Å². The van der Waals surface area contributed by atoms with Crippen LogP contribution in [-0.4, -0.2) is 43.7 Å². The molecule has 0 bridgehead atoms. The SMILES string of the molecule is COCCOC1C(O)CC1Oc1cccc(C)c1F. The molecule has 0 amide bonds. The van der Waals surface area contributed by atoms with Crippen molar-refractivity contribution in [3.63, 3.8) is 0 Å². The number of methoxy groups -OCH3 is 1. The molecule has 5 heteroatoms. The molecule has 0 aromatic heterocycles. The third kappa shape index (κ3) is 3.23. The standard InChI is InChI=1S/C14H19FO4/c1-9-4-3-5-11(13(9)15)19-12-8-10(16)14(12)18-7-6-17-2/h3-5,10,12,14,16H,6-8H2,1-2H3. The van der Waals surface area contributed by atoms with Gasteiger partial charge in [0.05, 0.1) is 19.3 Å². The van der Waals surface area contributed by atoms with Crippen LogP contribution in [0, 0.1) is 12.7 Å². The number of hydrogen-bond acceptors (Lipinski definition) is 4. The lowest BCUT2D eigenvalue weighted by molar-refractivity contribution is -0.167. The van der Waals surface area contributed by atoms with E-state index in [9.17, 15) is 9.50 Å². The lowest BCUT2D eigenvalue weighted by Crippen LogP contribution is -2.55. The Bertz CT molecular complexity index is 424. The Morgan fingerprint density at radius 2 is 2.16 bits per heavy atom. The second kappa shape index (κ2) is 6.32. The lowest BCUT2D eigenvalue weighted by atomic mass is 9.88. The molecule has 1 aromatic carbocycles. The molecule has 0 heterocycles. The van der Waals surface area contributed by atoms with E-state index < -0.39 is 12.2 Å². The van der Waals surface area contributed by atoms with Crippen LogP contribution in [0.4, 0.5) is 4.39 Å². The van der Waals surface area contributed by atoms with E-state index in [1.54, 1.807) is 32.2 Å². The van der Waals surface area contributed by atoms with Crippen molar-refractivity contribution < 1.29 is 23.7 Å². The summed E-state index contributed by atoms with van der Waals surface area (Å²) in [5.74, 6) is -0.156. The smallest absolute Gasteiger partial charge is 0.167 e. The first kappa shape index (κ1) is 14.2. The molecule has 1 N–H and O–H groups in total. The fourth-order valence-corrected chi connectivity index (χ4v) is 2.03. The quantitative estimate of drug-likeness (QED) is 0.799. The molecular formula is C14H19FO4. The van der Waals surface area contributed by atoms with Gasteiger partial charge in [-0.2, -0.15) is 0 Å². The summed E-state index contributed by atoms with van der Waals surface area (Å²) in [6.45, 7) is 2.52. The summed E-state index contributed by atoms with van der Waals surface area (Å²) in [5, 5.41) is 9.64. The zero-order valence-electron chi connectivity index (χ0n) is 11.1. The highest BCUT2D eigenvalue weighted by Crippen LogP contribution is 2.30. The Balaban J connectivity index is 1.93. The summed E-state index contributed by atoms with van der Waals surface area (Å²) in [6, 6.07) is 5.01. The summed E-state index contributed by atoms with van der Waals surface area (Å²) < 4.78 is 29.7. The molecule has 19 heavy (non-hydrogen) atoms. The van der Waals surface area contributed by atoms with E-state index in [-0.39, 0.29) is 17.7 Å². The molecule has 0 aliphatic heterocycles. The number of rotatable bonds is 6. The van der Waals surface area contributed by atoms with E-state index in [1.165, 1.54) is 0 Å². The molecule has 1 aromatic rings. The molecule has 4 nitrogen and oxygen atoms in total. The van der Waals surface area contributed by atoms with Crippen LogP contribution in [0.15, 0.2) is 18.2 Å². The maximum atomic E-state index is 13.8. The van der Waals surface area contributed by atoms with Crippen LogP contribution in [0.1, 0.15) is 12.0 Å². The number of ether oxygens (including phenoxy) is 3. The maximum absolute atomic E-state index is 13.8. The summed E-state index contributed by atoms with van der Waals surface area (Å²) in [6.07, 6.45) is -0.849. The number of hydrogen-bond donors (Lipinski definition) is 1. The van der Waals surface area contributed by atoms with Gasteiger partial charge in [0.1, 0.15) is 12.2 Å². The number of aliphatic hydroxyl groups is 1. The molecule has 3 atom stereocenters. The van der Waals surface area contributed by atoms with E-state index in [1.807, 2.05) is 0 Å². The summed E-state index contributed by atoms with van der Waals surface area (Å²) in [7, 11) is 1.58. The van der Waals surface area contributed by atoms with Crippen molar-refractivity contribution in [2.45, 2.75) is 31.7 Å². The Labute approximate surface area is 112 Å². The zero-order valence-corrected chi connectivity index (χ0v) is 11.1. The van der Waals surface area contributed by atoms with Crippen LogP contribution < -0.4 is 4.74 Å². The summed E-state index contributed by atoms with van der Waals surface area (Å²) >= 11 is 0. The second-order valence-corrected chi connectivity index (χ2v) is 4.67. The van der Waals surface area contributed by atoms with Crippen molar-refractivity contribution in [1.82, 2.24) is 0 Å². The lowest BCUT2D eigenvalue weighted by Gasteiger charge is -2.40. The van der Waals surface area contributed by atoms with Gasteiger partial charge in [-0.3, -0.25) is 0 Å². The van der Waals surface area contributed by atoms with Crippen LogP contribution in [0.5, 0.6) is 5.75 Å². The molecule has 1 aliphatic rings.